The van der Waals surface area contributed by atoms with Gasteiger partial charge < -0.3 is 10.5 Å². The summed E-state index contributed by atoms with van der Waals surface area (Å²) < 4.78 is 39.0. The summed E-state index contributed by atoms with van der Waals surface area (Å²) in [7, 11) is 0. The molecule has 0 amide bonds. The van der Waals surface area contributed by atoms with Crippen LogP contribution in [-0.4, -0.2) is 6.36 Å². The first-order valence-corrected chi connectivity index (χ1v) is 4.00. The predicted octanol–water partition coefficient (Wildman–Crippen LogP) is 2.22. The lowest BCUT2D eigenvalue weighted by molar-refractivity contribution is -0.274. The van der Waals surface area contributed by atoms with E-state index in [-0.39, 0.29) is 5.75 Å². The van der Waals surface area contributed by atoms with E-state index in [1.165, 1.54) is 24.3 Å². The first-order chi connectivity index (χ1) is 6.92. The molecule has 0 saturated heterocycles. The maximum atomic E-state index is 11.8. The molecule has 2 nitrogen and oxygen atoms in total. The van der Waals surface area contributed by atoms with Gasteiger partial charge in [0.15, 0.2) is 0 Å². The van der Waals surface area contributed by atoms with E-state index in [1.807, 2.05) is 0 Å². The molecule has 0 aromatic heterocycles. The Morgan fingerprint density at radius 1 is 1.27 bits per heavy atom. The highest BCUT2D eigenvalue weighted by molar-refractivity contribution is 5.32. The van der Waals surface area contributed by atoms with Crippen LogP contribution in [0.1, 0.15) is 11.6 Å². The average molecular weight is 215 g/mol. The lowest BCUT2D eigenvalue weighted by atomic mass is 10.1. The number of rotatable bonds is 2. The van der Waals surface area contributed by atoms with Gasteiger partial charge in [-0.25, -0.2) is 0 Å². The van der Waals surface area contributed by atoms with Crippen LogP contribution < -0.4 is 10.5 Å². The minimum absolute atomic E-state index is 0.296. The van der Waals surface area contributed by atoms with E-state index in [0.717, 1.165) is 0 Å². The van der Waals surface area contributed by atoms with Crippen molar-refractivity contribution in [2.75, 3.05) is 0 Å². The van der Waals surface area contributed by atoms with Crippen molar-refractivity contribution >= 4 is 0 Å². The van der Waals surface area contributed by atoms with Gasteiger partial charge in [0.2, 0.25) is 0 Å². The molecular weight excluding hydrogens is 207 g/mol. The minimum Gasteiger partial charge on any atom is -0.406 e. The van der Waals surface area contributed by atoms with Crippen molar-refractivity contribution in [1.29, 1.82) is 0 Å². The highest BCUT2D eigenvalue weighted by Gasteiger charge is 2.30. The van der Waals surface area contributed by atoms with E-state index < -0.39 is 12.4 Å². The lowest BCUT2D eigenvalue weighted by Crippen LogP contribution is -2.17. The molecule has 0 aliphatic rings. The fourth-order valence-electron chi connectivity index (χ4n) is 0.973. The number of terminal acetylenes is 1. The number of hydrogen-bond acceptors (Lipinski definition) is 2. The number of ether oxygens (including phenoxy) is 1. The summed E-state index contributed by atoms with van der Waals surface area (Å²) >= 11 is 0. The Balaban J connectivity index is 2.78. The monoisotopic (exact) mass is 215 g/mol. The SMILES string of the molecule is C#CC(N)c1ccc(OC(F)(F)F)cc1. The molecule has 0 fully saturated rings. The van der Waals surface area contributed by atoms with Crippen LogP contribution in [0.25, 0.3) is 0 Å². The molecule has 15 heavy (non-hydrogen) atoms. The summed E-state index contributed by atoms with van der Waals surface area (Å²) in [6.45, 7) is 0. The molecule has 2 N–H and O–H groups in total. The summed E-state index contributed by atoms with van der Waals surface area (Å²) in [4.78, 5) is 0. The van der Waals surface area contributed by atoms with Crippen LogP contribution in [0.2, 0.25) is 0 Å². The smallest absolute Gasteiger partial charge is 0.406 e. The summed E-state index contributed by atoms with van der Waals surface area (Å²) in [5.41, 5.74) is 6.03. The summed E-state index contributed by atoms with van der Waals surface area (Å²) in [6, 6.07) is 4.50. The molecule has 5 heteroatoms. The average Bonchev–Trinajstić information content (AvgIpc) is 2.15. The molecule has 0 aliphatic carbocycles. The van der Waals surface area contributed by atoms with Gasteiger partial charge in [0.05, 0.1) is 6.04 Å². The van der Waals surface area contributed by atoms with E-state index in [9.17, 15) is 13.2 Å². The molecular formula is C10H8F3NO. The lowest BCUT2D eigenvalue weighted by Gasteiger charge is -2.10. The van der Waals surface area contributed by atoms with Crippen LogP contribution in [0.3, 0.4) is 0 Å². The second kappa shape index (κ2) is 4.24. The van der Waals surface area contributed by atoms with Crippen molar-refractivity contribution in [2.45, 2.75) is 12.4 Å². The fourth-order valence-corrected chi connectivity index (χ4v) is 0.973. The van der Waals surface area contributed by atoms with Crippen molar-refractivity contribution in [2.24, 2.45) is 5.73 Å². The molecule has 0 saturated carbocycles. The number of nitrogens with two attached hydrogens (primary N) is 1. The fraction of sp³-hybridized carbons (Fsp3) is 0.200. The number of benzene rings is 1. The predicted molar refractivity (Wildman–Crippen MR) is 48.9 cm³/mol. The van der Waals surface area contributed by atoms with Gasteiger partial charge in [-0.3, -0.25) is 0 Å². The molecule has 1 aromatic rings. The molecule has 1 unspecified atom stereocenters. The van der Waals surface area contributed by atoms with Gasteiger partial charge in [0.25, 0.3) is 0 Å². The van der Waals surface area contributed by atoms with Gasteiger partial charge >= 0.3 is 6.36 Å². The van der Waals surface area contributed by atoms with E-state index in [0.29, 0.717) is 5.56 Å². The van der Waals surface area contributed by atoms with E-state index >= 15 is 0 Å². The standard InChI is InChI=1S/C10H8F3NO/c1-2-9(14)7-3-5-8(6-4-7)15-10(11,12)13/h1,3-6,9H,14H2. The van der Waals surface area contributed by atoms with Crippen LogP contribution in [0, 0.1) is 12.3 Å². The van der Waals surface area contributed by atoms with Crippen molar-refractivity contribution < 1.29 is 17.9 Å². The highest BCUT2D eigenvalue weighted by atomic mass is 19.4. The third kappa shape index (κ3) is 3.52. The molecule has 0 radical (unpaired) electrons. The van der Waals surface area contributed by atoms with Gasteiger partial charge in [0, 0.05) is 0 Å². The number of hydrogen-bond donors (Lipinski definition) is 1. The Bertz CT molecular complexity index is 364. The molecule has 0 spiro atoms. The minimum atomic E-state index is -4.68. The molecule has 1 rings (SSSR count). The van der Waals surface area contributed by atoms with Crippen LogP contribution in [0.15, 0.2) is 24.3 Å². The first kappa shape index (κ1) is 11.4. The maximum Gasteiger partial charge on any atom is 0.573 e. The Labute approximate surface area is 84.8 Å². The number of halogens is 3. The second-order valence-corrected chi connectivity index (χ2v) is 2.76. The van der Waals surface area contributed by atoms with Crippen LogP contribution in [0.5, 0.6) is 5.75 Å². The van der Waals surface area contributed by atoms with Crippen molar-refractivity contribution in [3.05, 3.63) is 29.8 Å². The molecule has 80 valence electrons. The molecule has 0 aliphatic heterocycles. The Morgan fingerprint density at radius 3 is 2.20 bits per heavy atom. The van der Waals surface area contributed by atoms with Gasteiger partial charge in [-0.15, -0.1) is 19.6 Å². The highest BCUT2D eigenvalue weighted by Crippen LogP contribution is 2.23. The zero-order chi connectivity index (χ0) is 11.5. The van der Waals surface area contributed by atoms with Crippen LogP contribution >= 0.6 is 0 Å². The number of alkyl halides is 3. The van der Waals surface area contributed by atoms with E-state index in [4.69, 9.17) is 12.2 Å². The van der Waals surface area contributed by atoms with E-state index in [2.05, 4.69) is 10.7 Å². The quantitative estimate of drug-likeness (QED) is 0.767. The Kier molecular flexibility index (Phi) is 3.22. The zero-order valence-corrected chi connectivity index (χ0v) is 7.58. The molecule has 1 aromatic carbocycles. The topological polar surface area (TPSA) is 35.2 Å². The third-order valence-corrected chi connectivity index (χ3v) is 1.65. The van der Waals surface area contributed by atoms with Crippen LogP contribution in [-0.2, 0) is 0 Å². The van der Waals surface area contributed by atoms with Gasteiger partial charge in [-0.05, 0) is 17.7 Å². The molecule has 0 bridgehead atoms. The van der Waals surface area contributed by atoms with Crippen molar-refractivity contribution in [1.82, 2.24) is 0 Å². The zero-order valence-electron chi connectivity index (χ0n) is 7.58. The summed E-state index contributed by atoms with van der Waals surface area (Å²) in [5.74, 6) is 1.97. The van der Waals surface area contributed by atoms with Gasteiger partial charge in [-0.2, -0.15) is 0 Å². The van der Waals surface area contributed by atoms with Gasteiger partial charge in [-0.1, -0.05) is 18.1 Å². The maximum absolute atomic E-state index is 11.8. The molecule has 0 heterocycles. The summed E-state index contributed by atoms with van der Waals surface area (Å²) in [6.07, 6.45) is 0.373. The van der Waals surface area contributed by atoms with Crippen molar-refractivity contribution in [3.63, 3.8) is 0 Å². The second-order valence-electron chi connectivity index (χ2n) is 2.76. The molecule has 1 atom stereocenters. The third-order valence-electron chi connectivity index (χ3n) is 1.65. The first-order valence-electron chi connectivity index (χ1n) is 4.00. The van der Waals surface area contributed by atoms with E-state index in [1.54, 1.807) is 0 Å². The van der Waals surface area contributed by atoms with Gasteiger partial charge in [0.1, 0.15) is 5.75 Å². The Hall–Kier alpha value is -1.67. The summed E-state index contributed by atoms with van der Waals surface area (Å²) in [5, 5.41) is 0. The van der Waals surface area contributed by atoms with Crippen LogP contribution in [0.4, 0.5) is 13.2 Å². The normalized spacial score (nSPS) is 13.0. The van der Waals surface area contributed by atoms with Crippen molar-refractivity contribution in [3.8, 4) is 18.1 Å². The Morgan fingerprint density at radius 2 is 1.80 bits per heavy atom. The largest absolute Gasteiger partial charge is 0.573 e.